The van der Waals surface area contributed by atoms with Gasteiger partial charge in [-0.3, -0.25) is 9.59 Å². The van der Waals surface area contributed by atoms with Crippen LogP contribution in [0.15, 0.2) is 46.0 Å². The molecule has 4 heteroatoms. The third-order valence-corrected chi connectivity index (χ3v) is 3.79. The predicted molar refractivity (Wildman–Crippen MR) is 77.2 cm³/mol. The summed E-state index contributed by atoms with van der Waals surface area (Å²) in [5.41, 5.74) is -1.28. The van der Waals surface area contributed by atoms with Crippen LogP contribution in [0.25, 0.3) is 32.3 Å². The van der Waals surface area contributed by atoms with Gasteiger partial charge in [0.15, 0.2) is 11.5 Å². The van der Waals surface area contributed by atoms with Gasteiger partial charge in [-0.25, -0.2) is 0 Å². The summed E-state index contributed by atoms with van der Waals surface area (Å²) in [6, 6.07) is 9.70. The van der Waals surface area contributed by atoms with Crippen molar-refractivity contribution in [2.75, 3.05) is 0 Å². The topological polar surface area (TPSA) is 74.6 Å². The lowest BCUT2D eigenvalue weighted by Crippen LogP contribution is -2.22. The molecule has 0 spiro atoms. The molecule has 0 radical (unpaired) electrons. The van der Waals surface area contributed by atoms with Crippen LogP contribution in [0.5, 0.6) is 11.5 Å². The van der Waals surface area contributed by atoms with E-state index in [1.807, 2.05) is 6.07 Å². The van der Waals surface area contributed by atoms with Gasteiger partial charge in [-0.15, -0.1) is 0 Å². The van der Waals surface area contributed by atoms with Crippen molar-refractivity contribution in [1.29, 1.82) is 0 Å². The number of hydrogen-bond acceptors (Lipinski definition) is 4. The van der Waals surface area contributed by atoms with Gasteiger partial charge in [0.05, 0.1) is 0 Å². The highest BCUT2D eigenvalue weighted by Gasteiger charge is 2.18. The summed E-state index contributed by atoms with van der Waals surface area (Å²) in [5.74, 6) is -0.632. The van der Waals surface area contributed by atoms with E-state index in [4.69, 9.17) is 0 Å². The smallest absolute Gasteiger partial charge is 0.233 e. The molecule has 4 aromatic carbocycles. The lowest BCUT2D eigenvalue weighted by Gasteiger charge is -2.12. The monoisotopic (exact) mass is 264 g/mol. The minimum absolute atomic E-state index is 0.214. The minimum Gasteiger partial charge on any atom is -0.504 e. The molecular weight excluding hydrogens is 256 g/mol. The van der Waals surface area contributed by atoms with E-state index in [1.54, 1.807) is 24.3 Å². The number of rotatable bonds is 0. The maximum Gasteiger partial charge on any atom is 0.233 e. The van der Waals surface area contributed by atoms with Crippen molar-refractivity contribution >= 4 is 32.3 Å². The van der Waals surface area contributed by atoms with Crippen LogP contribution in [0.2, 0.25) is 0 Å². The Morgan fingerprint density at radius 2 is 1.50 bits per heavy atom. The molecule has 0 aliphatic rings. The molecule has 4 rings (SSSR count). The molecule has 96 valence electrons. The SMILES string of the molecule is O=c1cc2c(O)c(O)c3cccc4ccc(c1=O)c2c43. The number of hydrogen-bond donors (Lipinski definition) is 2. The molecule has 0 unspecified atom stereocenters. The Hall–Kier alpha value is -2.88. The van der Waals surface area contributed by atoms with Gasteiger partial charge < -0.3 is 10.2 Å². The number of benzene rings is 4. The molecule has 20 heavy (non-hydrogen) atoms. The summed E-state index contributed by atoms with van der Waals surface area (Å²) >= 11 is 0. The van der Waals surface area contributed by atoms with Gasteiger partial charge in [-0.2, -0.15) is 0 Å². The fraction of sp³-hybridized carbons (Fsp3) is 0. The lowest BCUT2D eigenvalue weighted by molar-refractivity contribution is 0.412. The minimum atomic E-state index is -0.689. The van der Waals surface area contributed by atoms with Gasteiger partial charge in [0.1, 0.15) is 0 Å². The zero-order chi connectivity index (χ0) is 14.0. The number of phenols is 2. The highest BCUT2D eigenvalue weighted by Crippen LogP contribution is 2.44. The first kappa shape index (κ1) is 11.0. The summed E-state index contributed by atoms with van der Waals surface area (Å²) in [6.45, 7) is 0. The zero-order valence-electron chi connectivity index (χ0n) is 10.2. The van der Waals surface area contributed by atoms with E-state index in [9.17, 15) is 19.8 Å². The van der Waals surface area contributed by atoms with E-state index < -0.39 is 10.9 Å². The van der Waals surface area contributed by atoms with E-state index >= 15 is 0 Å². The van der Waals surface area contributed by atoms with Crippen molar-refractivity contribution in [2.24, 2.45) is 0 Å². The number of phenolic OH excluding ortho intramolecular Hbond substituents is 2. The van der Waals surface area contributed by atoms with E-state index in [2.05, 4.69) is 0 Å². The number of aromatic hydroxyl groups is 2. The first-order valence-corrected chi connectivity index (χ1v) is 6.09. The van der Waals surface area contributed by atoms with Gasteiger partial charge in [-0.05, 0) is 11.5 Å². The van der Waals surface area contributed by atoms with E-state index in [1.165, 1.54) is 0 Å². The van der Waals surface area contributed by atoms with Crippen molar-refractivity contribution in [3.63, 3.8) is 0 Å². The molecule has 0 bridgehead atoms. The molecule has 0 aliphatic heterocycles. The second-order valence-electron chi connectivity index (χ2n) is 4.84. The maximum absolute atomic E-state index is 12.0. The largest absolute Gasteiger partial charge is 0.504 e. The zero-order valence-corrected chi connectivity index (χ0v) is 10.2. The van der Waals surface area contributed by atoms with Crippen LogP contribution in [0.4, 0.5) is 0 Å². The molecule has 0 aliphatic carbocycles. The fourth-order valence-electron chi connectivity index (χ4n) is 2.89. The Kier molecular flexibility index (Phi) is 1.85. The van der Waals surface area contributed by atoms with Crippen LogP contribution in [-0.4, -0.2) is 10.2 Å². The molecule has 0 saturated carbocycles. The van der Waals surface area contributed by atoms with Gasteiger partial charge in [0, 0.05) is 33.0 Å². The molecule has 0 saturated heterocycles. The van der Waals surface area contributed by atoms with Gasteiger partial charge in [0.2, 0.25) is 10.9 Å². The van der Waals surface area contributed by atoms with Crippen LogP contribution in [0, 0.1) is 0 Å². The van der Waals surface area contributed by atoms with Crippen molar-refractivity contribution in [3.05, 3.63) is 56.8 Å². The van der Waals surface area contributed by atoms with E-state index in [0.717, 1.165) is 11.5 Å². The van der Waals surface area contributed by atoms with Gasteiger partial charge in [-0.1, -0.05) is 24.3 Å². The normalized spacial score (nSPS) is 11.8. The van der Waals surface area contributed by atoms with Crippen LogP contribution in [0.1, 0.15) is 0 Å². The Bertz CT molecular complexity index is 1100. The summed E-state index contributed by atoms with van der Waals surface area (Å²) in [7, 11) is 0. The van der Waals surface area contributed by atoms with Gasteiger partial charge >= 0.3 is 0 Å². The molecule has 0 heterocycles. The Morgan fingerprint density at radius 1 is 0.750 bits per heavy atom. The van der Waals surface area contributed by atoms with Crippen molar-refractivity contribution in [3.8, 4) is 11.5 Å². The predicted octanol–water partition coefficient (Wildman–Crippen LogP) is 2.15. The average molecular weight is 264 g/mol. The van der Waals surface area contributed by atoms with E-state index in [-0.39, 0.29) is 22.3 Å². The second kappa shape index (κ2) is 3.36. The first-order chi connectivity index (χ1) is 9.59. The standard InChI is InChI=1S/C16H8O4/c17-11-6-10-13-9(14(11)18)5-4-7-2-1-3-8(12(7)13)15(19)16(10)20/h1-6,19-20H. The van der Waals surface area contributed by atoms with Crippen LogP contribution < -0.4 is 10.9 Å². The summed E-state index contributed by atoms with van der Waals surface area (Å²) in [6.07, 6.45) is 0. The fourth-order valence-corrected chi connectivity index (χ4v) is 2.89. The van der Waals surface area contributed by atoms with Gasteiger partial charge in [0.25, 0.3) is 0 Å². The quantitative estimate of drug-likeness (QED) is 0.290. The van der Waals surface area contributed by atoms with E-state index in [0.29, 0.717) is 16.2 Å². The average Bonchev–Trinajstić information content (AvgIpc) is 2.47. The Labute approximate surface area is 111 Å². The highest BCUT2D eigenvalue weighted by molar-refractivity contribution is 6.26. The van der Waals surface area contributed by atoms with Crippen molar-refractivity contribution < 1.29 is 10.2 Å². The summed E-state index contributed by atoms with van der Waals surface area (Å²) in [4.78, 5) is 23.7. The molecular formula is C16H8O4. The molecule has 2 N–H and O–H groups in total. The van der Waals surface area contributed by atoms with Crippen molar-refractivity contribution in [1.82, 2.24) is 0 Å². The Balaban J connectivity index is 2.57. The molecule has 4 aromatic rings. The second-order valence-corrected chi connectivity index (χ2v) is 4.84. The van der Waals surface area contributed by atoms with Crippen LogP contribution in [0.3, 0.4) is 0 Å². The van der Waals surface area contributed by atoms with Crippen LogP contribution in [-0.2, 0) is 0 Å². The lowest BCUT2D eigenvalue weighted by atomic mass is 9.93. The third-order valence-electron chi connectivity index (χ3n) is 3.79. The molecule has 0 aromatic heterocycles. The first-order valence-electron chi connectivity index (χ1n) is 6.09. The molecule has 0 fully saturated rings. The summed E-state index contributed by atoms with van der Waals surface area (Å²) < 4.78 is 0. The molecule has 0 amide bonds. The van der Waals surface area contributed by atoms with Crippen molar-refractivity contribution in [2.45, 2.75) is 0 Å². The highest BCUT2D eigenvalue weighted by atomic mass is 16.3. The molecule has 0 atom stereocenters. The Morgan fingerprint density at radius 3 is 2.30 bits per heavy atom. The third kappa shape index (κ3) is 1.11. The summed E-state index contributed by atoms with van der Waals surface area (Å²) in [5, 5.41) is 23.2. The molecule has 4 nitrogen and oxygen atoms in total. The van der Waals surface area contributed by atoms with Crippen LogP contribution >= 0.6 is 0 Å². The maximum atomic E-state index is 12.0.